The molecule has 27 heavy (non-hydrogen) atoms. The zero-order valence-electron chi connectivity index (χ0n) is 16.0. The number of amides is 1. The van der Waals surface area contributed by atoms with Gasteiger partial charge in [0.25, 0.3) is 11.5 Å². The van der Waals surface area contributed by atoms with Gasteiger partial charge in [0.05, 0.1) is 17.2 Å². The van der Waals surface area contributed by atoms with Crippen LogP contribution in [0.15, 0.2) is 29.3 Å². The van der Waals surface area contributed by atoms with Gasteiger partial charge in [0.2, 0.25) is 0 Å². The zero-order valence-corrected chi connectivity index (χ0v) is 16.0. The van der Waals surface area contributed by atoms with E-state index in [2.05, 4.69) is 15.2 Å². The van der Waals surface area contributed by atoms with Crippen molar-refractivity contribution in [3.63, 3.8) is 0 Å². The smallest absolute Gasteiger partial charge is 0.260 e. The molecule has 1 aliphatic heterocycles. The van der Waals surface area contributed by atoms with Crippen LogP contribution in [0.25, 0.3) is 10.9 Å². The van der Waals surface area contributed by atoms with E-state index in [0.717, 1.165) is 25.9 Å². The fraction of sp³-hybridized carbons (Fsp3) is 0.571. The van der Waals surface area contributed by atoms with Crippen LogP contribution in [-0.2, 0) is 7.05 Å². The van der Waals surface area contributed by atoms with Crippen molar-refractivity contribution in [2.75, 3.05) is 13.1 Å². The van der Waals surface area contributed by atoms with Crippen LogP contribution in [0.2, 0.25) is 0 Å². The molecule has 1 saturated heterocycles. The normalized spacial score (nSPS) is 22.0. The fourth-order valence-corrected chi connectivity index (χ4v) is 4.52. The Labute approximate surface area is 159 Å². The molecule has 1 atom stereocenters. The van der Waals surface area contributed by atoms with Gasteiger partial charge in [-0.15, -0.1) is 0 Å². The number of nitrogens with one attached hydrogen (secondary N) is 1. The molecule has 144 valence electrons. The molecule has 2 heterocycles. The van der Waals surface area contributed by atoms with Crippen molar-refractivity contribution in [1.29, 1.82) is 0 Å². The third kappa shape index (κ3) is 3.90. The average Bonchev–Trinajstić information content (AvgIpc) is 2.71. The molecular weight excluding hydrogens is 340 g/mol. The molecule has 0 unspecified atom stereocenters. The van der Waals surface area contributed by atoms with Crippen LogP contribution in [0.4, 0.5) is 0 Å². The summed E-state index contributed by atoms with van der Waals surface area (Å²) in [5.41, 5.74) is 1.04. The van der Waals surface area contributed by atoms with Gasteiger partial charge in [0.15, 0.2) is 0 Å². The van der Waals surface area contributed by atoms with E-state index in [9.17, 15) is 9.59 Å². The van der Waals surface area contributed by atoms with Crippen LogP contribution in [0.3, 0.4) is 0 Å². The van der Waals surface area contributed by atoms with E-state index in [-0.39, 0.29) is 17.5 Å². The summed E-state index contributed by atoms with van der Waals surface area (Å²) in [6, 6.07) is 6.03. The number of rotatable bonds is 3. The van der Waals surface area contributed by atoms with E-state index >= 15 is 0 Å². The topological polar surface area (TPSA) is 67.2 Å². The maximum atomic E-state index is 12.8. The Morgan fingerprint density at radius 3 is 2.78 bits per heavy atom. The van der Waals surface area contributed by atoms with E-state index in [1.807, 2.05) is 0 Å². The van der Waals surface area contributed by atoms with E-state index in [1.165, 1.54) is 43.0 Å². The number of fused-ring (bicyclic) bond motifs is 1. The molecule has 0 radical (unpaired) electrons. The average molecular weight is 368 g/mol. The highest BCUT2D eigenvalue weighted by molar-refractivity contribution is 5.97. The van der Waals surface area contributed by atoms with Crippen LogP contribution in [-0.4, -0.2) is 45.5 Å². The van der Waals surface area contributed by atoms with E-state index in [4.69, 9.17) is 0 Å². The second kappa shape index (κ2) is 7.80. The number of carbonyl (C=O) groups is 1. The number of nitrogens with zero attached hydrogens (tertiary/aromatic N) is 3. The third-order valence-electron chi connectivity index (χ3n) is 6.06. The molecule has 2 aliphatic rings. The monoisotopic (exact) mass is 368 g/mol. The minimum absolute atomic E-state index is 0.0742. The number of benzene rings is 1. The van der Waals surface area contributed by atoms with Gasteiger partial charge in [0, 0.05) is 31.2 Å². The molecule has 0 bridgehead atoms. The molecule has 2 fully saturated rings. The minimum atomic E-state index is -0.0950. The summed E-state index contributed by atoms with van der Waals surface area (Å²) in [7, 11) is 1.68. The van der Waals surface area contributed by atoms with Gasteiger partial charge in [-0.05, 0) is 50.4 Å². The van der Waals surface area contributed by atoms with Gasteiger partial charge < -0.3 is 9.88 Å². The predicted octanol–water partition coefficient (Wildman–Crippen LogP) is 2.46. The van der Waals surface area contributed by atoms with Crippen LogP contribution in [0.5, 0.6) is 0 Å². The first-order chi connectivity index (χ1) is 13.1. The Morgan fingerprint density at radius 1 is 1.15 bits per heavy atom. The number of likely N-dealkylation sites (tertiary alicyclic amines) is 1. The largest absolute Gasteiger partial charge is 0.348 e. The molecule has 0 spiro atoms. The van der Waals surface area contributed by atoms with Crippen LogP contribution in [0.1, 0.15) is 55.3 Å². The Balaban J connectivity index is 1.44. The lowest BCUT2D eigenvalue weighted by Gasteiger charge is -2.40. The van der Waals surface area contributed by atoms with Crippen molar-refractivity contribution in [2.24, 2.45) is 7.05 Å². The summed E-state index contributed by atoms with van der Waals surface area (Å²) < 4.78 is 1.45. The lowest BCUT2D eigenvalue weighted by atomic mass is 9.92. The van der Waals surface area contributed by atoms with Crippen molar-refractivity contribution in [2.45, 2.75) is 57.0 Å². The summed E-state index contributed by atoms with van der Waals surface area (Å²) in [5.74, 6) is -0.0742. The van der Waals surface area contributed by atoms with Gasteiger partial charge >= 0.3 is 0 Å². The van der Waals surface area contributed by atoms with Gasteiger partial charge in [-0.3, -0.25) is 14.5 Å². The molecule has 6 nitrogen and oxygen atoms in total. The van der Waals surface area contributed by atoms with Crippen LogP contribution in [0, 0.1) is 0 Å². The minimum Gasteiger partial charge on any atom is -0.348 e. The molecule has 1 aliphatic carbocycles. The molecule has 1 N–H and O–H groups in total. The van der Waals surface area contributed by atoms with Crippen molar-refractivity contribution in [3.05, 3.63) is 40.4 Å². The number of hydrogen-bond donors (Lipinski definition) is 1. The Morgan fingerprint density at radius 2 is 1.96 bits per heavy atom. The highest BCUT2D eigenvalue weighted by Gasteiger charge is 2.27. The van der Waals surface area contributed by atoms with E-state index < -0.39 is 0 Å². The fourth-order valence-electron chi connectivity index (χ4n) is 4.52. The number of piperidine rings is 1. The highest BCUT2D eigenvalue weighted by atomic mass is 16.1. The summed E-state index contributed by atoms with van der Waals surface area (Å²) in [6.07, 6.45) is 10.3. The van der Waals surface area contributed by atoms with Crippen molar-refractivity contribution >= 4 is 16.8 Å². The van der Waals surface area contributed by atoms with Crippen LogP contribution < -0.4 is 10.9 Å². The summed E-state index contributed by atoms with van der Waals surface area (Å²) in [5, 5.41) is 3.74. The maximum Gasteiger partial charge on any atom is 0.260 e. The first-order valence-electron chi connectivity index (χ1n) is 10.1. The van der Waals surface area contributed by atoms with Gasteiger partial charge in [-0.25, -0.2) is 4.98 Å². The summed E-state index contributed by atoms with van der Waals surface area (Å²) in [6.45, 7) is 2.10. The maximum absolute atomic E-state index is 12.8. The molecule has 6 heteroatoms. The Kier molecular flexibility index (Phi) is 5.25. The molecule has 1 aromatic carbocycles. The Bertz CT molecular complexity index is 885. The number of aromatic nitrogens is 2. The van der Waals surface area contributed by atoms with Crippen molar-refractivity contribution in [3.8, 4) is 0 Å². The molecule has 2 aromatic rings. The first-order valence-corrected chi connectivity index (χ1v) is 10.1. The molecule has 4 rings (SSSR count). The molecular formula is C21H28N4O2. The van der Waals surface area contributed by atoms with Crippen molar-refractivity contribution < 1.29 is 4.79 Å². The SMILES string of the molecule is Cn1cnc2cc(C(=O)N[C@H]3CCCN(C4CCCCC4)C3)ccc2c1=O. The second-order valence-electron chi connectivity index (χ2n) is 7.99. The lowest BCUT2D eigenvalue weighted by molar-refractivity contribution is 0.0836. The van der Waals surface area contributed by atoms with Gasteiger partial charge in [-0.2, -0.15) is 0 Å². The standard InChI is InChI=1S/C21H28N4O2/c1-24-14-22-19-12-15(9-10-18(19)21(24)27)20(26)23-16-6-5-11-25(13-16)17-7-3-2-4-8-17/h9-10,12,14,16-17H,2-8,11,13H2,1H3,(H,23,26)/t16-/m0/s1. The van der Waals surface area contributed by atoms with Crippen molar-refractivity contribution in [1.82, 2.24) is 19.8 Å². The molecule has 1 amide bonds. The van der Waals surface area contributed by atoms with Gasteiger partial charge in [0.1, 0.15) is 0 Å². The molecule has 1 aromatic heterocycles. The predicted molar refractivity (Wildman–Crippen MR) is 106 cm³/mol. The quantitative estimate of drug-likeness (QED) is 0.904. The first kappa shape index (κ1) is 18.2. The number of aryl methyl sites for hydroxylation is 1. The number of carbonyl (C=O) groups excluding carboxylic acids is 1. The molecule has 1 saturated carbocycles. The van der Waals surface area contributed by atoms with Crippen LogP contribution >= 0.6 is 0 Å². The third-order valence-corrected chi connectivity index (χ3v) is 6.06. The zero-order chi connectivity index (χ0) is 18.8. The lowest BCUT2D eigenvalue weighted by Crippen LogP contribution is -2.51. The highest BCUT2D eigenvalue weighted by Crippen LogP contribution is 2.25. The van der Waals surface area contributed by atoms with Gasteiger partial charge in [-0.1, -0.05) is 19.3 Å². The summed E-state index contributed by atoms with van der Waals surface area (Å²) >= 11 is 0. The van der Waals surface area contributed by atoms with E-state index in [1.54, 1.807) is 25.2 Å². The summed E-state index contributed by atoms with van der Waals surface area (Å²) in [4.78, 5) is 31.7. The second-order valence-corrected chi connectivity index (χ2v) is 7.99. The number of hydrogen-bond acceptors (Lipinski definition) is 4. The Hall–Kier alpha value is -2.21. The van der Waals surface area contributed by atoms with E-state index in [0.29, 0.717) is 22.5 Å².